The molecule has 6 nitrogen and oxygen atoms in total. The lowest BCUT2D eigenvalue weighted by Crippen LogP contribution is -2.16. The smallest absolute Gasteiger partial charge is 0.364 e. The second kappa shape index (κ2) is 8.08. The van der Waals surface area contributed by atoms with Crippen LogP contribution in [-0.4, -0.2) is 24.4 Å². The molecule has 1 heterocycles. The van der Waals surface area contributed by atoms with Crippen molar-refractivity contribution in [2.45, 2.75) is 24.8 Å². The molecule has 0 aliphatic heterocycles. The Labute approximate surface area is 168 Å². The van der Waals surface area contributed by atoms with E-state index in [1.807, 2.05) is 26.0 Å². The van der Waals surface area contributed by atoms with Gasteiger partial charge in [0, 0.05) is 0 Å². The topological polar surface area (TPSA) is 86.2 Å². The Bertz CT molecular complexity index is 1110. The standard InChI is InChI=1S/C20H17ClN2O4S/c1-13-3-7-15(8-4-13)12-28(25,26)20-22-11-17(21)18(23-20)19(24)27-16-9-5-14(2)6-10-16/h3-11H,12H2,1-2H3. The van der Waals surface area contributed by atoms with Crippen molar-refractivity contribution >= 4 is 27.4 Å². The summed E-state index contributed by atoms with van der Waals surface area (Å²) < 4.78 is 30.5. The zero-order valence-electron chi connectivity index (χ0n) is 15.2. The minimum absolute atomic E-state index is 0.0913. The molecule has 1 aromatic heterocycles. The fourth-order valence-corrected chi connectivity index (χ4v) is 3.75. The lowest BCUT2D eigenvalue weighted by molar-refractivity contribution is 0.0727. The van der Waals surface area contributed by atoms with Crippen LogP contribution < -0.4 is 4.74 Å². The Balaban J connectivity index is 1.86. The van der Waals surface area contributed by atoms with Crippen molar-refractivity contribution in [2.24, 2.45) is 0 Å². The second-order valence-corrected chi connectivity index (χ2v) is 8.59. The Hall–Kier alpha value is -2.77. The van der Waals surface area contributed by atoms with Crippen molar-refractivity contribution in [2.75, 3.05) is 0 Å². The van der Waals surface area contributed by atoms with Crippen LogP contribution in [0.25, 0.3) is 0 Å². The summed E-state index contributed by atoms with van der Waals surface area (Å²) in [5.41, 5.74) is 2.31. The number of nitrogens with zero attached hydrogens (tertiary/aromatic N) is 2. The van der Waals surface area contributed by atoms with Gasteiger partial charge in [-0.15, -0.1) is 0 Å². The van der Waals surface area contributed by atoms with Crippen LogP contribution in [0.3, 0.4) is 0 Å². The Morgan fingerprint density at radius 2 is 1.57 bits per heavy atom. The maximum Gasteiger partial charge on any atom is 0.364 e. The number of rotatable bonds is 5. The van der Waals surface area contributed by atoms with Crippen molar-refractivity contribution in [1.29, 1.82) is 0 Å². The normalized spacial score (nSPS) is 11.2. The molecule has 0 bridgehead atoms. The summed E-state index contributed by atoms with van der Waals surface area (Å²) in [7, 11) is -3.87. The first-order valence-electron chi connectivity index (χ1n) is 8.34. The molecule has 0 unspecified atom stereocenters. The summed E-state index contributed by atoms with van der Waals surface area (Å²) in [5.74, 6) is -0.848. The summed E-state index contributed by atoms with van der Waals surface area (Å²) in [6, 6.07) is 13.9. The number of ether oxygens (including phenoxy) is 1. The molecule has 0 fully saturated rings. The van der Waals surface area contributed by atoms with Gasteiger partial charge in [0.05, 0.1) is 17.0 Å². The van der Waals surface area contributed by atoms with Crippen molar-refractivity contribution in [3.63, 3.8) is 0 Å². The minimum Gasteiger partial charge on any atom is -0.422 e. The SMILES string of the molecule is Cc1ccc(CS(=O)(=O)c2ncc(Cl)c(C(=O)Oc3ccc(C)cc3)n2)cc1. The lowest BCUT2D eigenvalue weighted by Gasteiger charge is -2.08. The number of aromatic nitrogens is 2. The number of hydrogen-bond donors (Lipinski definition) is 0. The molecule has 0 atom stereocenters. The van der Waals surface area contributed by atoms with E-state index in [0.29, 0.717) is 11.3 Å². The number of carbonyl (C=O) groups excluding carboxylic acids is 1. The molecule has 0 amide bonds. The highest BCUT2D eigenvalue weighted by molar-refractivity contribution is 7.90. The second-order valence-electron chi connectivity index (χ2n) is 6.30. The average molecular weight is 417 g/mol. The third kappa shape index (κ3) is 4.74. The number of hydrogen-bond acceptors (Lipinski definition) is 6. The van der Waals surface area contributed by atoms with E-state index in [0.717, 1.165) is 17.3 Å². The van der Waals surface area contributed by atoms with E-state index in [2.05, 4.69) is 9.97 Å². The molecule has 0 aliphatic rings. The summed E-state index contributed by atoms with van der Waals surface area (Å²) in [5, 5.41) is -0.570. The molecule has 28 heavy (non-hydrogen) atoms. The molecular formula is C20H17ClN2O4S. The zero-order chi connectivity index (χ0) is 20.3. The fraction of sp³-hybridized carbons (Fsp3) is 0.150. The Morgan fingerprint density at radius 3 is 2.18 bits per heavy atom. The number of sulfone groups is 1. The molecule has 0 saturated heterocycles. The number of benzene rings is 2. The van der Waals surface area contributed by atoms with Crippen LogP contribution >= 0.6 is 11.6 Å². The Morgan fingerprint density at radius 1 is 1.00 bits per heavy atom. The zero-order valence-corrected chi connectivity index (χ0v) is 16.8. The van der Waals surface area contributed by atoms with E-state index in [4.69, 9.17) is 16.3 Å². The van der Waals surface area contributed by atoms with Gasteiger partial charge in [-0.25, -0.2) is 23.2 Å². The molecule has 0 spiro atoms. The van der Waals surface area contributed by atoms with E-state index >= 15 is 0 Å². The molecule has 0 aliphatic carbocycles. The van der Waals surface area contributed by atoms with Crippen LogP contribution in [0.1, 0.15) is 27.2 Å². The molecule has 3 aromatic rings. The van der Waals surface area contributed by atoms with Gasteiger partial charge in [-0.05, 0) is 31.5 Å². The highest BCUT2D eigenvalue weighted by Gasteiger charge is 2.24. The largest absolute Gasteiger partial charge is 0.422 e. The van der Waals surface area contributed by atoms with Gasteiger partial charge >= 0.3 is 5.97 Å². The van der Waals surface area contributed by atoms with E-state index in [1.54, 1.807) is 36.4 Å². The van der Waals surface area contributed by atoms with Gasteiger partial charge in [-0.2, -0.15) is 0 Å². The molecule has 0 N–H and O–H groups in total. The summed E-state index contributed by atoms with van der Waals surface area (Å²) in [6.45, 7) is 3.81. The van der Waals surface area contributed by atoms with E-state index in [1.165, 1.54) is 0 Å². The fourth-order valence-electron chi connectivity index (χ4n) is 2.37. The molecule has 0 saturated carbocycles. The van der Waals surface area contributed by atoms with E-state index in [-0.39, 0.29) is 16.5 Å². The van der Waals surface area contributed by atoms with Gasteiger partial charge in [-0.1, -0.05) is 59.1 Å². The van der Waals surface area contributed by atoms with Crippen LogP contribution in [0, 0.1) is 13.8 Å². The van der Waals surface area contributed by atoms with Crippen molar-refractivity contribution in [1.82, 2.24) is 9.97 Å². The summed E-state index contributed by atoms with van der Waals surface area (Å²) in [4.78, 5) is 20.1. The number of esters is 1. The van der Waals surface area contributed by atoms with Gasteiger partial charge in [-0.3, -0.25) is 0 Å². The first-order chi connectivity index (χ1) is 13.2. The van der Waals surface area contributed by atoms with Crippen molar-refractivity contribution < 1.29 is 17.9 Å². The van der Waals surface area contributed by atoms with Gasteiger partial charge in [0.1, 0.15) is 5.75 Å². The van der Waals surface area contributed by atoms with Gasteiger partial charge in [0.25, 0.3) is 0 Å². The van der Waals surface area contributed by atoms with Gasteiger partial charge < -0.3 is 4.74 Å². The molecule has 144 valence electrons. The van der Waals surface area contributed by atoms with Crippen LogP contribution in [-0.2, 0) is 15.6 Å². The number of halogens is 1. The molecule has 0 radical (unpaired) electrons. The van der Waals surface area contributed by atoms with Gasteiger partial charge in [0.15, 0.2) is 5.69 Å². The quantitative estimate of drug-likeness (QED) is 0.355. The third-order valence-corrected chi connectivity index (χ3v) is 5.65. The first-order valence-corrected chi connectivity index (χ1v) is 10.4. The molecule has 8 heteroatoms. The predicted octanol–water partition coefficient (Wildman–Crippen LogP) is 3.94. The maximum atomic E-state index is 12.6. The van der Waals surface area contributed by atoms with Gasteiger partial charge in [0.2, 0.25) is 15.0 Å². The van der Waals surface area contributed by atoms with Crippen molar-refractivity contribution in [3.8, 4) is 5.75 Å². The predicted molar refractivity (Wildman–Crippen MR) is 105 cm³/mol. The summed E-state index contributed by atoms with van der Waals surface area (Å²) >= 11 is 5.99. The highest BCUT2D eigenvalue weighted by atomic mass is 35.5. The lowest BCUT2D eigenvalue weighted by atomic mass is 10.2. The van der Waals surface area contributed by atoms with E-state index in [9.17, 15) is 13.2 Å². The van der Waals surface area contributed by atoms with Crippen LogP contribution in [0.4, 0.5) is 0 Å². The molecular weight excluding hydrogens is 400 g/mol. The number of carbonyl (C=O) groups is 1. The monoisotopic (exact) mass is 416 g/mol. The van der Waals surface area contributed by atoms with Crippen LogP contribution in [0.15, 0.2) is 59.9 Å². The third-order valence-electron chi connectivity index (χ3n) is 3.90. The van der Waals surface area contributed by atoms with Crippen LogP contribution in [0.2, 0.25) is 5.02 Å². The Kier molecular flexibility index (Phi) is 5.76. The highest BCUT2D eigenvalue weighted by Crippen LogP contribution is 2.20. The molecule has 3 rings (SSSR count). The van der Waals surface area contributed by atoms with Crippen molar-refractivity contribution in [3.05, 3.63) is 82.1 Å². The first kappa shape index (κ1) is 20.0. The minimum atomic E-state index is -3.87. The summed E-state index contributed by atoms with van der Waals surface area (Å²) in [6.07, 6.45) is 1.09. The molecule has 2 aromatic carbocycles. The maximum absolute atomic E-state index is 12.6. The number of aryl methyl sites for hydroxylation is 2. The van der Waals surface area contributed by atoms with Crippen LogP contribution in [0.5, 0.6) is 5.75 Å². The average Bonchev–Trinajstić information content (AvgIpc) is 2.65. The van der Waals surface area contributed by atoms with E-state index < -0.39 is 21.0 Å².